The molecule has 0 aliphatic heterocycles. The summed E-state index contributed by atoms with van der Waals surface area (Å²) < 4.78 is 10.2. The lowest BCUT2D eigenvalue weighted by Gasteiger charge is -2.35. The number of aliphatic hydroxyl groups is 1. The second-order valence-electron chi connectivity index (χ2n) is 5.50. The van der Waals surface area contributed by atoms with Crippen molar-refractivity contribution in [2.75, 3.05) is 33.5 Å². The van der Waals surface area contributed by atoms with Crippen LogP contribution in [-0.4, -0.2) is 50.7 Å². The summed E-state index contributed by atoms with van der Waals surface area (Å²) in [6.45, 7) is 6.76. The molecule has 1 fully saturated rings. The van der Waals surface area contributed by atoms with Crippen LogP contribution in [0.1, 0.15) is 33.1 Å². The Morgan fingerprint density at radius 3 is 2.78 bits per heavy atom. The predicted octanol–water partition coefficient (Wildman–Crippen LogP) is 1.42. The van der Waals surface area contributed by atoms with E-state index in [1.54, 1.807) is 7.11 Å². The third-order valence-corrected chi connectivity index (χ3v) is 4.06. The fourth-order valence-electron chi connectivity index (χ4n) is 2.58. The second-order valence-corrected chi connectivity index (χ2v) is 5.50. The van der Waals surface area contributed by atoms with E-state index in [9.17, 15) is 5.11 Å². The number of rotatable bonds is 8. The zero-order valence-corrected chi connectivity index (χ0v) is 12.0. The SMILES string of the molecule is COCCOCC(O)CNC1CCCC(C)C1C. The molecule has 4 unspecified atom stereocenters. The van der Waals surface area contributed by atoms with Gasteiger partial charge in [-0.2, -0.15) is 0 Å². The van der Waals surface area contributed by atoms with Crippen LogP contribution < -0.4 is 5.32 Å². The molecule has 0 aromatic heterocycles. The molecule has 108 valence electrons. The van der Waals surface area contributed by atoms with Gasteiger partial charge in [-0.15, -0.1) is 0 Å². The molecule has 0 bridgehead atoms. The van der Waals surface area contributed by atoms with Crippen LogP contribution in [0.25, 0.3) is 0 Å². The number of nitrogens with one attached hydrogen (secondary N) is 1. The fraction of sp³-hybridized carbons (Fsp3) is 1.00. The van der Waals surface area contributed by atoms with Gasteiger partial charge in [0, 0.05) is 19.7 Å². The molecule has 1 rings (SSSR count). The van der Waals surface area contributed by atoms with E-state index in [0.717, 1.165) is 5.92 Å². The van der Waals surface area contributed by atoms with Gasteiger partial charge in [-0.25, -0.2) is 0 Å². The van der Waals surface area contributed by atoms with Gasteiger partial charge in [-0.05, 0) is 18.3 Å². The molecule has 18 heavy (non-hydrogen) atoms. The zero-order valence-electron chi connectivity index (χ0n) is 12.0. The first kappa shape index (κ1) is 15.9. The highest BCUT2D eigenvalue weighted by Gasteiger charge is 2.26. The molecule has 4 nitrogen and oxygen atoms in total. The topological polar surface area (TPSA) is 50.7 Å². The first-order chi connectivity index (χ1) is 8.65. The quantitative estimate of drug-likeness (QED) is 0.647. The number of hydrogen-bond donors (Lipinski definition) is 2. The molecule has 4 heteroatoms. The van der Waals surface area contributed by atoms with Crippen LogP contribution in [0.2, 0.25) is 0 Å². The lowest BCUT2D eigenvalue weighted by Crippen LogP contribution is -2.44. The highest BCUT2D eigenvalue weighted by atomic mass is 16.5. The molecule has 1 aliphatic rings. The third-order valence-electron chi connectivity index (χ3n) is 4.06. The van der Waals surface area contributed by atoms with E-state index >= 15 is 0 Å². The highest BCUT2D eigenvalue weighted by Crippen LogP contribution is 2.29. The molecule has 0 amide bonds. The lowest BCUT2D eigenvalue weighted by atomic mass is 9.78. The largest absolute Gasteiger partial charge is 0.389 e. The Labute approximate surface area is 111 Å². The van der Waals surface area contributed by atoms with Crippen molar-refractivity contribution in [3.63, 3.8) is 0 Å². The first-order valence-electron chi connectivity index (χ1n) is 7.13. The van der Waals surface area contributed by atoms with Gasteiger partial charge in [-0.1, -0.05) is 26.7 Å². The molecule has 0 heterocycles. The molecule has 1 saturated carbocycles. The molecular weight excluding hydrogens is 230 g/mol. The Balaban J connectivity index is 2.11. The number of aliphatic hydroxyl groups excluding tert-OH is 1. The van der Waals surface area contributed by atoms with E-state index in [1.165, 1.54) is 19.3 Å². The summed E-state index contributed by atoms with van der Waals surface area (Å²) in [5.41, 5.74) is 0. The second kappa shape index (κ2) is 8.86. The van der Waals surface area contributed by atoms with Crippen LogP contribution in [-0.2, 0) is 9.47 Å². The Kier molecular flexibility index (Phi) is 7.82. The molecule has 0 saturated heterocycles. The van der Waals surface area contributed by atoms with Crippen LogP contribution in [0.5, 0.6) is 0 Å². The van der Waals surface area contributed by atoms with E-state index in [1.807, 2.05) is 0 Å². The molecule has 0 aromatic carbocycles. The number of methoxy groups -OCH3 is 1. The van der Waals surface area contributed by atoms with Gasteiger partial charge in [0.2, 0.25) is 0 Å². The molecular formula is C14H29NO3. The van der Waals surface area contributed by atoms with E-state index in [2.05, 4.69) is 19.2 Å². The Bertz CT molecular complexity index is 213. The Morgan fingerprint density at radius 1 is 1.28 bits per heavy atom. The van der Waals surface area contributed by atoms with Crippen molar-refractivity contribution in [2.45, 2.75) is 45.3 Å². The first-order valence-corrected chi connectivity index (χ1v) is 7.13. The van der Waals surface area contributed by atoms with Gasteiger partial charge < -0.3 is 19.9 Å². The van der Waals surface area contributed by atoms with Crippen molar-refractivity contribution in [2.24, 2.45) is 11.8 Å². The standard InChI is InChI=1S/C14H29NO3/c1-11-5-4-6-14(12(11)2)15-9-13(16)10-18-8-7-17-3/h11-16H,4-10H2,1-3H3. The zero-order chi connectivity index (χ0) is 13.4. The van der Waals surface area contributed by atoms with Gasteiger partial charge in [0.1, 0.15) is 0 Å². The van der Waals surface area contributed by atoms with Gasteiger partial charge in [0.25, 0.3) is 0 Å². The van der Waals surface area contributed by atoms with Crippen LogP contribution in [0.4, 0.5) is 0 Å². The van der Waals surface area contributed by atoms with E-state index < -0.39 is 6.10 Å². The van der Waals surface area contributed by atoms with Crippen molar-refractivity contribution in [1.29, 1.82) is 0 Å². The normalized spacial score (nSPS) is 30.3. The third kappa shape index (κ3) is 5.65. The summed E-state index contributed by atoms with van der Waals surface area (Å²) >= 11 is 0. The minimum absolute atomic E-state index is 0.382. The van der Waals surface area contributed by atoms with E-state index in [0.29, 0.717) is 38.3 Å². The molecule has 2 N–H and O–H groups in total. The molecule has 4 atom stereocenters. The van der Waals surface area contributed by atoms with E-state index in [-0.39, 0.29) is 0 Å². The van der Waals surface area contributed by atoms with Crippen molar-refractivity contribution >= 4 is 0 Å². The Morgan fingerprint density at radius 2 is 2.06 bits per heavy atom. The summed E-state index contributed by atoms with van der Waals surface area (Å²) in [4.78, 5) is 0. The van der Waals surface area contributed by atoms with E-state index in [4.69, 9.17) is 9.47 Å². The average molecular weight is 259 g/mol. The molecule has 1 aliphatic carbocycles. The predicted molar refractivity (Wildman–Crippen MR) is 72.7 cm³/mol. The highest BCUT2D eigenvalue weighted by molar-refractivity contribution is 4.82. The summed E-state index contributed by atoms with van der Waals surface area (Å²) in [5, 5.41) is 13.3. The fourth-order valence-corrected chi connectivity index (χ4v) is 2.58. The van der Waals surface area contributed by atoms with Crippen LogP contribution in [0.3, 0.4) is 0 Å². The molecule has 0 aromatic rings. The molecule has 0 radical (unpaired) electrons. The van der Waals surface area contributed by atoms with Gasteiger partial charge in [0.05, 0.1) is 25.9 Å². The van der Waals surface area contributed by atoms with Crippen LogP contribution in [0.15, 0.2) is 0 Å². The van der Waals surface area contributed by atoms with Crippen LogP contribution >= 0.6 is 0 Å². The minimum Gasteiger partial charge on any atom is -0.389 e. The Hall–Kier alpha value is -0.160. The minimum atomic E-state index is -0.425. The van der Waals surface area contributed by atoms with Crippen molar-refractivity contribution < 1.29 is 14.6 Å². The van der Waals surface area contributed by atoms with Crippen LogP contribution in [0, 0.1) is 11.8 Å². The lowest BCUT2D eigenvalue weighted by molar-refractivity contribution is 0.0112. The summed E-state index contributed by atoms with van der Waals surface area (Å²) in [6.07, 6.45) is 3.43. The smallest absolute Gasteiger partial charge is 0.0897 e. The summed E-state index contributed by atoms with van der Waals surface area (Å²) in [7, 11) is 1.65. The van der Waals surface area contributed by atoms with Crippen molar-refractivity contribution in [3.05, 3.63) is 0 Å². The maximum absolute atomic E-state index is 9.80. The maximum Gasteiger partial charge on any atom is 0.0897 e. The monoisotopic (exact) mass is 259 g/mol. The average Bonchev–Trinajstić information content (AvgIpc) is 2.36. The van der Waals surface area contributed by atoms with Gasteiger partial charge >= 0.3 is 0 Å². The molecule has 0 spiro atoms. The summed E-state index contributed by atoms with van der Waals surface area (Å²) in [6, 6.07) is 0.544. The van der Waals surface area contributed by atoms with Gasteiger partial charge in [0.15, 0.2) is 0 Å². The van der Waals surface area contributed by atoms with Gasteiger partial charge in [-0.3, -0.25) is 0 Å². The number of hydrogen-bond acceptors (Lipinski definition) is 4. The maximum atomic E-state index is 9.80. The number of ether oxygens (including phenoxy) is 2. The summed E-state index contributed by atoms with van der Waals surface area (Å²) in [5.74, 6) is 1.48. The van der Waals surface area contributed by atoms with Crippen molar-refractivity contribution in [1.82, 2.24) is 5.32 Å². The van der Waals surface area contributed by atoms with Crippen molar-refractivity contribution in [3.8, 4) is 0 Å².